The van der Waals surface area contributed by atoms with Crippen molar-refractivity contribution in [2.75, 3.05) is 0 Å². The highest BCUT2D eigenvalue weighted by atomic mass is 127. The van der Waals surface area contributed by atoms with Gasteiger partial charge in [-0.1, -0.05) is 6.07 Å². The Kier molecular flexibility index (Phi) is 3.10. The average molecular weight is 365 g/mol. The molecular weight excluding hydrogens is 356 g/mol. The highest BCUT2D eigenvalue weighted by molar-refractivity contribution is 14.1. The molecule has 0 unspecified atom stereocenters. The maximum atomic E-state index is 13.8. The van der Waals surface area contributed by atoms with Crippen molar-refractivity contribution < 1.29 is 9.18 Å². The lowest BCUT2D eigenvalue weighted by atomic mass is 10.0. The first-order chi connectivity index (χ1) is 9.16. The van der Waals surface area contributed by atoms with Gasteiger partial charge in [0.2, 0.25) is 0 Å². The summed E-state index contributed by atoms with van der Waals surface area (Å²) in [4.78, 5) is 15.3. The van der Waals surface area contributed by atoms with Crippen LogP contribution < -0.4 is 0 Å². The minimum atomic E-state index is -0.382. The summed E-state index contributed by atoms with van der Waals surface area (Å²) in [6.07, 6.45) is 1.56. The Morgan fingerprint density at radius 2 is 1.84 bits per heavy atom. The minimum Gasteiger partial charge on any atom is -0.360 e. The van der Waals surface area contributed by atoms with E-state index in [0.29, 0.717) is 22.0 Å². The van der Waals surface area contributed by atoms with E-state index >= 15 is 0 Å². The van der Waals surface area contributed by atoms with Gasteiger partial charge < -0.3 is 4.98 Å². The number of halogens is 2. The zero-order chi connectivity index (χ0) is 13.4. The van der Waals surface area contributed by atoms with E-state index in [1.807, 2.05) is 12.1 Å². The summed E-state index contributed by atoms with van der Waals surface area (Å²) in [6, 6.07) is 12.0. The molecule has 4 heteroatoms. The number of hydrogen-bond acceptors (Lipinski definition) is 1. The minimum absolute atomic E-state index is 0.173. The number of carbonyl (C=O) groups is 1. The third kappa shape index (κ3) is 2.16. The molecule has 0 atom stereocenters. The Labute approximate surface area is 122 Å². The summed E-state index contributed by atoms with van der Waals surface area (Å²) in [5, 5.41) is 0.353. The van der Waals surface area contributed by atoms with Crippen LogP contribution in [-0.4, -0.2) is 10.8 Å². The predicted molar refractivity (Wildman–Crippen MR) is 80.8 cm³/mol. The molecule has 0 bridgehead atoms. The van der Waals surface area contributed by atoms with Crippen LogP contribution in [0.1, 0.15) is 15.9 Å². The molecule has 94 valence electrons. The maximum Gasteiger partial charge on any atom is 0.195 e. The van der Waals surface area contributed by atoms with Crippen LogP contribution in [0.5, 0.6) is 0 Å². The average Bonchev–Trinajstić information content (AvgIpc) is 2.84. The molecular formula is C15H9FINO. The number of carbonyl (C=O) groups excluding carboxylic acids is 1. The fourth-order valence-electron chi connectivity index (χ4n) is 2.08. The molecule has 0 saturated carbocycles. The van der Waals surface area contributed by atoms with E-state index in [-0.39, 0.29) is 11.6 Å². The lowest BCUT2D eigenvalue weighted by Gasteiger charge is -2.01. The van der Waals surface area contributed by atoms with Crippen molar-refractivity contribution in [2.45, 2.75) is 0 Å². The van der Waals surface area contributed by atoms with Crippen LogP contribution in [0.4, 0.5) is 4.39 Å². The molecule has 0 aliphatic rings. The van der Waals surface area contributed by atoms with Crippen LogP contribution in [0.25, 0.3) is 10.9 Å². The standard InChI is InChI=1S/C15H9FINO/c16-12-2-1-3-13-14(12)11(8-18-13)15(19)9-4-6-10(17)7-5-9/h1-8,18H. The quantitative estimate of drug-likeness (QED) is 0.537. The van der Waals surface area contributed by atoms with Crippen LogP contribution in [0.15, 0.2) is 48.7 Å². The third-order valence-electron chi connectivity index (χ3n) is 3.01. The number of ketones is 1. The highest BCUT2D eigenvalue weighted by Gasteiger charge is 2.16. The summed E-state index contributed by atoms with van der Waals surface area (Å²) in [5.74, 6) is -0.555. The monoisotopic (exact) mass is 365 g/mol. The van der Waals surface area contributed by atoms with Gasteiger partial charge in [0.1, 0.15) is 5.82 Å². The van der Waals surface area contributed by atoms with E-state index in [1.54, 1.807) is 30.5 Å². The number of H-pyrrole nitrogens is 1. The van der Waals surface area contributed by atoms with Crippen molar-refractivity contribution >= 4 is 39.3 Å². The molecule has 1 heterocycles. The van der Waals surface area contributed by atoms with Gasteiger partial charge in [0.25, 0.3) is 0 Å². The van der Waals surface area contributed by atoms with E-state index in [9.17, 15) is 9.18 Å². The largest absolute Gasteiger partial charge is 0.360 e. The fourth-order valence-corrected chi connectivity index (χ4v) is 2.44. The topological polar surface area (TPSA) is 32.9 Å². The lowest BCUT2D eigenvalue weighted by molar-refractivity contribution is 0.104. The number of fused-ring (bicyclic) bond motifs is 1. The second-order valence-electron chi connectivity index (χ2n) is 4.20. The zero-order valence-electron chi connectivity index (χ0n) is 9.78. The van der Waals surface area contributed by atoms with Crippen LogP contribution >= 0.6 is 22.6 Å². The molecule has 0 spiro atoms. The van der Waals surface area contributed by atoms with Crippen molar-refractivity contribution in [3.05, 3.63) is 69.2 Å². The van der Waals surface area contributed by atoms with Gasteiger partial charge in [-0.25, -0.2) is 4.39 Å². The summed E-state index contributed by atoms with van der Waals surface area (Å²) in [6.45, 7) is 0. The molecule has 0 fully saturated rings. The number of aromatic amines is 1. The van der Waals surface area contributed by atoms with Gasteiger partial charge >= 0.3 is 0 Å². The van der Waals surface area contributed by atoms with Gasteiger partial charge in [-0.15, -0.1) is 0 Å². The van der Waals surface area contributed by atoms with Crippen LogP contribution in [0, 0.1) is 9.39 Å². The Balaban J connectivity index is 2.14. The number of aromatic nitrogens is 1. The van der Waals surface area contributed by atoms with Crippen LogP contribution in [0.2, 0.25) is 0 Å². The van der Waals surface area contributed by atoms with Crippen LogP contribution in [-0.2, 0) is 0 Å². The molecule has 3 aromatic rings. The van der Waals surface area contributed by atoms with Gasteiger partial charge in [0, 0.05) is 26.2 Å². The SMILES string of the molecule is O=C(c1ccc(I)cc1)c1c[nH]c2cccc(F)c12. The molecule has 1 aromatic heterocycles. The summed E-state index contributed by atoms with van der Waals surface area (Å²) in [5.41, 5.74) is 1.56. The van der Waals surface area contributed by atoms with Crippen molar-refractivity contribution in [3.63, 3.8) is 0 Å². The molecule has 0 saturated heterocycles. The van der Waals surface area contributed by atoms with E-state index in [0.717, 1.165) is 3.57 Å². The Hall–Kier alpha value is -1.69. The zero-order valence-corrected chi connectivity index (χ0v) is 11.9. The second-order valence-corrected chi connectivity index (χ2v) is 5.45. The van der Waals surface area contributed by atoms with Gasteiger partial charge in [-0.3, -0.25) is 4.79 Å². The van der Waals surface area contributed by atoms with Crippen molar-refractivity contribution in [1.82, 2.24) is 4.98 Å². The maximum absolute atomic E-state index is 13.8. The van der Waals surface area contributed by atoms with Gasteiger partial charge in [-0.2, -0.15) is 0 Å². The number of benzene rings is 2. The Morgan fingerprint density at radius 3 is 2.58 bits per heavy atom. The molecule has 0 aliphatic carbocycles. The first-order valence-corrected chi connectivity index (χ1v) is 6.80. The van der Waals surface area contributed by atoms with E-state index < -0.39 is 0 Å². The summed E-state index contributed by atoms with van der Waals surface area (Å²) >= 11 is 2.18. The molecule has 0 aliphatic heterocycles. The molecule has 2 nitrogen and oxygen atoms in total. The van der Waals surface area contributed by atoms with Crippen LogP contribution in [0.3, 0.4) is 0 Å². The summed E-state index contributed by atoms with van der Waals surface area (Å²) in [7, 11) is 0. The number of nitrogens with one attached hydrogen (secondary N) is 1. The van der Waals surface area contributed by atoms with E-state index in [1.165, 1.54) is 6.07 Å². The van der Waals surface area contributed by atoms with E-state index in [2.05, 4.69) is 27.6 Å². The van der Waals surface area contributed by atoms with Crippen molar-refractivity contribution in [3.8, 4) is 0 Å². The molecule has 0 amide bonds. The Morgan fingerprint density at radius 1 is 1.11 bits per heavy atom. The molecule has 19 heavy (non-hydrogen) atoms. The first-order valence-electron chi connectivity index (χ1n) is 5.72. The van der Waals surface area contributed by atoms with Gasteiger partial charge in [0.05, 0.1) is 5.56 Å². The van der Waals surface area contributed by atoms with Crippen molar-refractivity contribution in [2.24, 2.45) is 0 Å². The highest BCUT2D eigenvalue weighted by Crippen LogP contribution is 2.24. The number of hydrogen-bond donors (Lipinski definition) is 1. The molecule has 0 radical (unpaired) electrons. The Bertz CT molecular complexity index is 761. The van der Waals surface area contributed by atoms with E-state index in [4.69, 9.17) is 0 Å². The normalized spacial score (nSPS) is 10.8. The third-order valence-corrected chi connectivity index (χ3v) is 3.73. The predicted octanol–water partition coefficient (Wildman–Crippen LogP) is 4.14. The first kappa shape index (κ1) is 12.3. The second kappa shape index (κ2) is 4.77. The van der Waals surface area contributed by atoms with Gasteiger partial charge in [-0.05, 0) is 59.0 Å². The molecule has 3 rings (SSSR count). The van der Waals surface area contributed by atoms with Gasteiger partial charge in [0.15, 0.2) is 5.78 Å². The molecule has 1 N–H and O–H groups in total. The van der Waals surface area contributed by atoms with Crippen molar-refractivity contribution in [1.29, 1.82) is 0 Å². The fraction of sp³-hybridized carbons (Fsp3) is 0. The lowest BCUT2D eigenvalue weighted by Crippen LogP contribution is -2.00. The summed E-state index contributed by atoms with van der Waals surface area (Å²) < 4.78 is 14.9. The number of rotatable bonds is 2. The smallest absolute Gasteiger partial charge is 0.195 e. The molecule has 2 aromatic carbocycles.